The molecule has 48 heavy (non-hydrogen) atoms. The lowest BCUT2D eigenvalue weighted by Crippen LogP contribution is -2.17. The molecule has 0 amide bonds. The Balaban J connectivity index is 1.13. The van der Waals surface area contributed by atoms with Crippen LogP contribution in [0.2, 0.25) is 0 Å². The summed E-state index contributed by atoms with van der Waals surface area (Å²) in [6, 6.07) is 61.4. The molecule has 0 spiro atoms. The van der Waals surface area contributed by atoms with Gasteiger partial charge in [0.2, 0.25) is 0 Å². The number of aromatic nitrogens is 1. The molecule has 1 heterocycles. The summed E-state index contributed by atoms with van der Waals surface area (Å²) in [4.78, 5) is 2.38. The Labute approximate surface area is 281 Å². The maximum atomic E-state index is 2.41. The first kappa shape index (κ1) is 28.1. The molecule has 0 aliphatic heterocycles. The van der Waals surface area contributed by atoms with Gasteiger partial charge in [0.1, 0.15) is 0 Å². The van der Waals surface area contributed by atoms with Crippen molar-refractivity contribution in [3.63, 3.8) is 0 Å². The van der Waals surface area contributed by atoms with Crippen LogP contribution in [0, 0.1) is 0 Å². The Morgan fingerprint density at radius 1 is 0.500 bits per heavy atom. The van der Waals surface area contributed by atoms with Gasteiger partial charge in [-0.1, -0.05) is 133 Å². The minimum Gasteiger partial charge on any atom is -0.311 e. The average Bonchev–Trinajstić information content (AvgIpc) is 3.51. The van der Waals surface area contributed by atoms with Gasteiger partial charge >= 0.3 is 0 Å². The summed E-state index contributed by atoms with van der Waals surface area (Å²) in [5.74, 6) is 0.381. The Morgan fingerprint density at radius 3 is 1.85 bits per heavy atom. The van der Waals surface area contributed by atoms with Crippen molar-refractivity contribution in [2.45, 2.75) is 12.3 Å². The van der Waals surface area contributed by atoms with Crippen LogP contribution in [0.25, 0.3) is 49.4 Å². The van der Waals surface area contributed by atoms with E-state index in [9.17, 15) is 0 Å². The molecule has 7 aromatic carbocycles. The predicted molar refractivity (Wildman–Crippen MR) is 203 cm³/mol. The molecule has 1 atom stereocenters. The number of benzene rings is 7. The Kier molecular flexibility index (Phi) is 6.98. The third kappa shape index (κ3) is 4.90. The van der Waals surface area contributed by atoms with Crippen LogP contribution >= 0.6 is 0 Å². The highest BCUT2D eigenvalue weighted by Crippen LogP contribution is 2.39. The first-order valence-electron chi connectivity index (χ1n) is 16.7. The van der Waals surface area contributed by atoms with E-state index in [0.29, 0.717) is 5.92 Å². The number of allylic oxidation sites excluding steroid dienone is 3. The van der Waals surface area contributed by atoms with E-state index in [1.54, 1.807) is 0 Å². The van der Waals surface area contributed by atoms with E-state index in [0.717, 1.165) is 23.5 Å². The van der Waals surface area contributed by atoms with Crippen molar-refractivity contribution in [2.24, 2.45) is 0 Å². The molecule has 1 unspecified atom stereocenters. The maximum absolute atomic E-state index is 2.41. The Hall–Kier alpha value is -6.12. The highest BCUT2D eigenvalue weighted by molar-refractivity contribution is 6.21. The molecule has 2 nitrogen and oxygen atoms in total. The van der Waals surface area contributed by atoms with E-state index < -0.39 is 0 Å². The fourth-order valence-corrected chi connectivity index (χ4v) is 7.37. The molecule has 0 bridgehead atoms. The zero-order valence-corrected chi connectivity index (χ0v) is 26.6. The van der Waals surface area contributed by atoms with Crippen molar-refractivity contribution in [1.29, 1.82) is 0 Å². The summed E-state index contributed by atoms with van der Waals surface area (Å²) in [6.07, 6.45) is 7.99. The second-order valence-electron chi connectivity index (χ2n) is 12.5. The lowest BCUT2D eigenvalue weighted by Gasteiger charge is -2.29. The monoisotopic (exact) mass is 614 g/mol. The molecule has 228 valence electrons. The molecule has 0 fully saturated rings. The van der Waals surface area contributed by atoms with Gasteiger partial charge in [-0.05, 0) is 88.5 Å². The fourth-order valence-electron chi connectivity index (χ4n) is 7.37. The van der Waals surface area contributed by atoms with Crippen molar-refractivity contribution < 1.29 is 0 Å². The zero-order chi connectivity index (χ0) is 31.9. The molecule has 8 aromatic rings. The van der Waals surface area contributed by atoms with Gasteiger partial charge in [-0.2, -0.15) is 0 Å². The number of anilines is 2. The van der Waals surface area contributed by atoms with E-state index in [-0.39, 0.29) is 0 Å². The number of para-hydroxylation sites is 1. The molecule has 1 aliphatic carbocycles. The minimum absolute atomic E-state index is 0.381. The molecule has 0 N–H and O–H groups in total. The molecule has 1 aliphatic rings. The predicted octanol–water partition coefficient (Wildman–Crippen LogP) is 12.4. The third-order valence-electron chi connectivity index (χ3n) is 9.73. The number of nitrogens with zero attached hydrogens (tertiary/aromatic N) is 2. The first-order chi connectivity index (χ1) is 23.8. The second kappa shape index (κ2) is 11.9. The highest BCUT2D eigenvalue weighted by atomic mass is 15.1. The van der Waals surface area contributed by atoms with Crippen LogP contribution in [0.5, 0.6) is 0 Å². The summed E-state index contributed by atoms with van der Waals surface area (Å²) in [5.41, 5.74) is 10.8. The molecule has 0 radical (unpaired) electrons. The van der Waals surface area contributed by atoms with E-state index in [1.165, 1.54) is 55.0 Å². The molecular weight excluding hydrogens is 581 g/mol. The number of rotatable bonds is 6. The van der Waals surface area contributed by atoms with Crippen molar-refractivity contribution in [3.8, 4) is 16.8 Å². The van der Waals surface area contributed by atoms with Crippen molar-refractivity contribution in [1.82, 2.24) is 4.57 Å². The lowest BCUT2D eigenvalue weighted by molar-refractivity contribution is 0.840. The summed E-state index contributed by atoms with van der Waals surface area (Å²) < 4.78 is 2.41. The maximum Gasteiger partial charge on any atom is 0.0547 e. The lowest BCUT2D eigenvalue weighted by atomic mass is 9.91. The molecule has 0 saturated carbocycles. The van der Waals surface area contributed by atoms with Crippen LogP contribution in [-0.4, -0.2) is 4.57 Å². The SMILES string of the molecule is C1=CC(c2ccccc2)CC=C1N(c1ccc(-c2ccccc2)cc1)c1ccc(-n2c3ccccc3c3c4ccccc4ccc32)cc1. The highest BCUT2D eigenvalue weighted by Gasteiger charge is 2.19. The van der Waals surface area contributed by atoms with Crippen LogP contribution < -0.4 is 4.90 Å². The molecular formula is C46H34N2. The van der Waals surface area contributed by atoms with Gasteiger partial charge in [0.25, 0.3) is 0 Å². The summed E-state index contributed by atoms with van der Waals surface area (Å²) >= 11 is 0. The normalized spacial score (nSPS) is 14.4. The largest absolute Gasteiger partial charge is 0.311 e. The van der Waals surface area contributed by atoms with Gasteiger partial charge in [-0.15, -0.1) is 0 Å². The summed E-state index contributed by atoms with van der Waals surface area (Å²) in [5, 5.41) is 5.13. The standard InChI is InChI=1S/C46H34N2/c1-3-11-33(12-4-1)35-19-24-38(25-20-35)47(39-26-21-36(22-27-39)34-13-5-2-6-14-34)40-28-30-41(31-29-40)48-44-18-10-9-17-43(44)46-42-16-8-7-15-37(42)23-32-45(46)48/h1-21,23-32,36H,22H2. The summed E-state index contributed by atoms with van der Waals surface area (Å²) in [6.45, 7) is 0. The second-order valence-corrected chi connectivity index (χ2v) is 12.5. The van der Waals surface area contributed by atoms with Crippen molar-refractivity contribution in [2.75, 3.05) is 4.90 Å². The van der Waals surface area contributed by atoms with Crippen LogP contribution in [0.3, 0.4) is 0 Å². The smallest absolute Gasteiger partial charge is 0.0547 e. The van der Waals surface area contributed by atoms with E-state index in [4.69, 9.17) is 0 Å². The van der Waals surface area contributed by atoms with Gasteiger partial charge in [0, 0.05) is 39.4 Å². The number of hydrogen-bond acceptors (Lipinski definition) is 1. The average molecular weight is 615 g/mol. The van der Waals surface area contributed by atoms with Crippen molar-refractivity contribution in [3.05, 3.63) is 199 Å². The van der Waals surface area contributed by atoms with E-state index in [1.807, 2.05) is 0 Å². The van der Waals surface area contributed by atoms with Crippen LogP contribution in [-0.2, 0) is 0 Å². The van der Waals surface area contributed by atoms with Gasteiger partial charge in [0.05, 0.1) is 11.0 Å². The fraction of sp³-hybridized carbons (Fsp3) is 0.0435. The molecule has 1 aromatic heterocycles. The van der Waals surface area contributed by atoms with Crippen molar-refractivity contribution >= 4 is 44.0 Å². The first-order valence-corrected chi connectivity index (χ1v) is 16.7. The van der Waals surface area contributed by atoms with Gasteiger partial charge in [0.15, 0.2) is 0 Å². The Morgan fingerprint density at radius 2 is 1.12 bits per heavy atom. The van der Waals surface area contributed by atoms with Gasteiger partial charge < -0.3 is 9.47 Å². The number of fused-ring (bicyclic) bond motifs is 5. The van der Waals surface area contributed by atoms with Gasteiger partial charge in [-0.3, -0.25) is 0 Å². The van der Waals surface area contributed by atoms with E-state index in [2.05, 4.69) is 198 Å². The van der Waals surface area contributed by atoms with Crippen LogP contribution in [0.4, 0.5) is 11.4 Å². The third-order valence-corrected chi connectivity index (χ3v) is 9.73. The number of hydrogen-bond donors (Lipinski definition) is 0. The zero-order valence-electron chi connectivity index (χ0n) is 26.6. The molecule has 2 heteroatoms. The topological polar surface area (TPSA) is 8.17 Å². The van der Waals surface area contributed by atoms with Crippen LogP contribution in [0.15, 0.2) is 194 Å². The van der Waals surface area contributed by atoms with Gasteiger partial charge in [-0.25, -0.2) is 0 Å². The molecule has 9 rings (SSSR count). The quantitative estimate of drug-likeness (QED) is 0.181. The van der Waals surface area contributed by atoms with Crippen LogP contribution in [0.1, 0.15) is 17.9 Å². The minimum atomic E-state index is 0.381. The van der Waals surface area contributed by atoms with E-state index >= 15 is 0 Å². The Bertz CT molecular complexity index is 2450. The summed E-state index contributed by atoms with van der Waals surface area (Å²) in [7, 11) is 0. The molecule has 0 saturated heterocycles.